The van der Waals surface area contributed by atoms with E-state index in [9.17, 15) is 0 Å². The van der Waals surface area contributed by atoms with Crippen molar-refractivity contribution in [2.24, 2.45) is 0 Å². The lowest BCUT2D eigenvalue weighted by Gasteiger charge is -2.22. The fourth-order valence-corrected chi connectivity index (χ4v) is 2.82. The summed E-state index contributed by atoms with van der Waals surface area (Å²) in [6.07, 6.45) is 6.55. The molecule has 0 saturated carbocycles. The number of rotatable bonds is 4. The normalized spacial score (nSPS) is 22.4. The van der Waals surface area contributed by atoms with Crippen molar-refractivity contribution in [2.75, 3.05) is 18.1 Å². The topological polar surface area (TPSA) is 29.9 Å². The molecule has 3 nitrogen and oxygen atoms in total. The van der Waals surface area contributed by atoms with Crippen molar-refractivity contribution in [3.05, 3.63) is 18.5 Å². The van der Waals surface area contributed by atoms with Gasteiger partial charge in [-0.3, -0.25) is 4.68 Å². The highest BCUT2D eigenvalue weighted by molar-refractivity contribution is 7.99. The summed E-state index contributed by atoms with van der Waals surface area (Å²) in [5.74, 6) is 2.62. The summed E-state index contributed by atoms with van der Waals surface area (Å²) in [5, 5.41) is 7.75. The number of nitrogens with one attached hydrogen (secondary N) is 1. The fourth-order valence-electron chi connectivity index (χ4n) is 1.72. The lowest BCUT2D eigenvalue weighted by molar-refractivity contribution is 0.472. The maximum Gasteiger partial charge on any atom is 0.0534 e. The predicted octanol–water partition coefficient (Wildman–Crippen LogP) is 1.37. The molecule has 1 aliphatic rings. The van der Waals surface area contributed by atoms with Crippen LogP contribution in [0.15, 0.2) is 18.5 Å². The third-order valence-electron chi connectivity index (χ3n) is 2.49. The molecule has 1 saturated heterocycles. The van der Waals surface area contributed by atoms with Gasteiger partial charge in [0.05, 0.1) is 6.54 Å². The molecule has 0 bridgehead atoms. The highest BCUT2D eigenvalue weighted by atomic mass is 32.2. The van der Waals surface area contributed by atoms with Crippen LogP contribution in [0.25, 0.3) is 0 Å². The summed E-state index contributed by atoms with van der Waals surface area (Å²) in [5.41, 5.74) is 0. The van der Waals surface area contributed by atoms with Crippen molar-refractivity contribution in [2.45, 2.75) is 25.4 Å². The van der Waals surface area contributed by atoms with E-state index < -0.39 is 0 Å². The first kappa shape index (κ1) is 10.1. The molecule has 0 spiro atoms. The third-order valence-corrected chi connectivity index (χ3v) is 3.71. The Balaban J connectivity index is 1.62. The minimum absolute atomic E-state index is 0.726. The summed E-state index contributed by atoms with van der Waals surface area (Å²) < 4.78 is 1.98. The summed E-state index contributed by atoms with van der Waals surface area (Å²) >= 11 is 2.07. The van der Waals surface area contributed by atoms with Gasteiger partial charge in [0.25, 0.3) is 0 Å². The van der Waals surface area contributed by atoms with Crippen LogP contribution >= 0.6 is 11.8 Å². The van der Waals surface area contributed by atoms with Gasteiger partial charge in [-0.2, -0.15) is 16.9 Å². The minimum atomic E-state index is 0.726. The second kappa shape index (κ2) is 5.41. The Hall–Kier alpha value is -0.480. The van der Waals surface area contributed by atoms with E-state index in [2.05, 4.69) is 22.2 Å². The quantitative estimate of drug-likeness (QED) is 0.816. The van der Waals surface area contributed by atoms with Crippen LogP contribution in [-0.4, -0.2) is 33.9 Å². The molecule has 14 heavy (non-hydrogen) atoms. The van der Waals surface area contributed by atoms with Crippen LogP contribution in [0.2, 0.25) is 0 Å². The van der Waals surface area contributed by atoms with E-state index in [0.717, 1.165) is 19.1 Å². The molecule has 1 atom stereocenters. The molecule has 0 aliphatic carbocycles. The van der Waals surface area contributed by atoms with Gasteiger partial charge in [0, 0.05) is 30.7 Å². The van der Waals surface area contributed by atoms with Crippen molar-refractivity contribution in [3.63, 3.8) is 0 Å². The zero-order valence-electron chi connectivity index (χ0n) is 8.35. The van der Waals surface area contributed by atoms with Gasteiger partial charge >= 0.3 is 0 Å². The van der Waals surface area contributed by atoms with Crippen molar-refractivity contribution < 1.29 is 0 Å². The van der Waals surface area contributed by atoms with Gasteiger partial charge in [-0.25, -0.2) is 0 Å². The van der Waals surface area contributed by atoms with E-state index in [-0.39, 0.29) is 0 Å². The molecule has 0 aromatic carbocycles. The molecular formula is C10H17N3S. The maximum atomic E-state index is 4.17. The Labute approximate surface area is 89.3 Å². The minimum Gasteiger partial charge on any atom is -0.311 e. The second-order valence-corrected chi connectivity index (χ2v) is 4.79. The van der Waals surface area contributed by atoms with Crippen LogP contribution in [0.5, 0.6) is 0 Å². The average Bonchev–Trinajstić information content (AvgIpc) is 2.72. The van der Waals surface area contributed by atoms with Gasteiger partial charge in [0.15, 0.2) is 0 Å². The summed E-state index contributed by atoms with van der Waals surface area (Å²) in [7, 11) is 0. The summed E-state index contributed by atoms with van der Waals surface area (Å²) in [4.78, 5) is 0. The summed E-state index contributed by atoms with van der Waals surface area (Å²) in [6, 6.07) is 2.69. The molecule has 1 aliphatic heterocycles. The molecule has 2 heterocycles. The predicted molar refractivity (Wildman–Crippen MR) is 60.6 cm³/mol. The second-order valence-electron chi connectivity index (χ2n) is 3.64. The molecule has 4 heteroatoms. The molecule has 1 N–H and O–H groups in total. The standard InChI is InChI=1S/C10H17N3S/c1-3-10(9-14-8-1)11-5-7-13-6-2-4-12-13/h2,4,6,10-11H,1,3,5,7-9H2. The monoisotopic (exact) mass is 211 g/mol. The highest BCUT2D eigenvalue weighted by Gasteiger charge is 2.11. The number of aromatic nitrogens is 2. The van der Waals surface area contributed by atoms with Crippen LogP contribution in [-0.2, 0) is 6.54 Å². The van der Waals surface area contributed by atoms with Gasteiger partial charge in [-0.1, -0.05) is 0 Å². The largest absolute Gasteiger partial charge is 0.311 e. The van der Waals surface area contributed by atoms with E-state index in [1.54, 1.807) is 0 Å². The lowest BCUT2D eigenvalue weighted by Crippen LogP contribution is -2.35. The first-order valence-electron chi connectivity index (χ1n) is 5.24. The summed E-state index contributed by atoms with van der Waals surface area (Å²) in [6.45, 7) is 2.01. The Bertz CT molecular complexity index is 242. The Morgan fingerprint density at radius 2 is 2.57 bits per heavy atom. The van der Waals surface area contributed by atoms with Crippen LogP contribution < -0.4 is 5.32 Å². The molecular weight excluding hydrogens is 194 g/mol. The molecule has 78 valence electrons. The van der Waals surface area contributed by atoms with Crippen LogP contribution in [0, 0.1) is 0 Å². The number of hydrogen-bond donors (Lipinski definition) is 1. The SMILES string of the molecule is c1cnn(CCNC2CCCSC2)c1. The van der Waals surface area contributed by atoms with E-state index >= 15 is 0 Å². The van der Waals surface area contributed by atoms with Crippen LogP contribution in [0.3, 0.4) is 0 Å². The highest BCUT2D eigenvalue weighted by Crippen LogP contribution is 2.16. The number of hydrogen-bond acceptors (Lipinski definition) is 3. The zero-order chi connectivity index (χ0) is 9.64. The van der Waals surface area contributed by atoms with Crippen molar-refractivity contribution in [1.29, 1.82) is 0 Å². The maximum absolute atomic E-state index is 4.17. The van der Waals surface area contributed by atoms with E-state index in [1.807, 2.05) is 23.1 Å². The molecule has 1 unspecified atom stereocenters. The van der Waals surface area contributed by atoms with Gasteiger partial charge in [0.2, 0.25) is 0 Å². The van der Waals surface area contributed by atoms with E-state index in [0.29, 0.717) is 0 Å². The van der Waals surface area contributed by atoms with Gasteiger partial charge in [0.1, 0.15) is 0 Å². The molecule has 2 rings (SSSR count). The Morgan fingerprint density at radius 1 is 1.57 bits per heavy atom. The number of thioether (sulfide) groups is 1. The van der Waals surface area contributed by atoms with Gasteiger partial charge < -0.3 is 5.32 Å². The van der Waals surface area contributed by atoms with Gasteiger partial charge in [-0.15, -0.1) is 0 Å². The molecule has 1 fully saturated rings. The molecule has 1 aromatic heterocycles. The molecule has 1 aromatic rings. The Kier molecular flexibility index (Phi) is 3.89. The van der Waals surface area contributed by atoms with Gasteiger partial charge in [-0.05, 0) is 24.7 Å². The zero-order valence-corrected chi connectivity index (χ0v) is 9.17. The number of nitrogens with zero attached hydrogens (tertiary/aromatic N) is 2. The van der Waals surface area contributed by atoms with E-state index in [1.165, 1.54) is 24.3 Å². The van der Waals surface area contributed by atoms with Crippen molar-refractivity contribution in [3.8, 4) is 0 Å². The molecule has 0 radical (unpaired) electrons. The average molecular weight is 211 g/mol. The lowest BCUT2D eigenvalue weighted by atomic mass is 10.2. The smallest absolute Gasteiger partial charge is 0.0534 e. The first-order valence-corrected chi connectivity index (χ1v) is 6.39. The van der Waals surface area contributed by atoms with Crippen molar-refractivity contribution in [1.82, 2.24) is 15.1 Å². The van der Waals surface area contributed by atoms with Crippen LogP contribution in [0.4, 0.5) is 0 Å². The first-order chi connectivity index (χ1) is 6.95. The molecule has 0 amide bonds. The van der Waals surface area contributed by atoms with Crippen molar-refractivity contribution >= 4 is 11.8 Å². The Morgan fingerprint density at radius 3 is 3.29 bits per heavy atom. The fraction of sp³-hybridized carbons (Fsp3) is 0.700. The van der Waals surface area contributed by atoms with E-state index in [4.69, 9.17) is 0 Å². The third kappa shape index (κ3) is 3.03. The van der Waals surface area contributed by atoms with Crippen LogP contribution in [0.1, 0.15) is 12.8 Å².